The molecule has 3 heterocycles. The molecule has 8 heteroatoms. The molecule has 2 saturated heterocycles. The van der Waals surface area contributed by atoms with Crippen LogP contribution < -0.4 is 5.32 Å². The number of carbonyl (C=O) groups is 2. The van der Waals surface area contributed by atoms with Gasteiger partial charge in [-0.3, -0.25) is 14.6 Å². The van der Waals surface area contributed by atoms with Crippen LogP contribution in [0.5, 0.6) is 0 Å². The van der Waals surface area contributed by atoms with Crippen molar-refractivity contribution in [3.63, 3.8) is 0 Å². The summed E-state index contributed by atoms with van der Waals surface area (Å²) in [6, 6.07) is 13.3. The Morgan fingerprint density at radius 1 is 0.800 bits per heavy atom. The van der Waals surface area contributed by atoms with Gasteiger partial charge in [0, 0.05) is 61.7 Å². The van der Waals surface area contributed by atoms with Gasteiger partial charge in [-0.2, -0.15) is 0 Å². The van der Waals surface area contributed by atoms with Gasteiger partial charge in [0.25, 0.3) is 11.8 Å². The first-order valence-corrected chi connectivity index (χ1v) is 16.1. The first-order valence-electron chi connectivity index (χ1n) is 16.1. The fraction of sp³-hybridized carbons (Fsp3) is 0.486. The molecule has 2 fully saturated rings. The third-order valence-corrected chi connectivity index (χ3v) is 9.23. The highest BCUT2D eigenvalue weighted by Gasteiger charge is 2.32. The third kappa shape index (κ3) is 7.78. The van der Waals surface area contributed by atoms with Crippen molar-refractivity contribution in [2.75, 3.05) is 26.2 Å². The minimum absolute atomic E-state index is 0.000164. The van der Waals surface area contributed by atoms with E-state index >= 15 is 0 Å². The molecule has 2 aliphatic rings. The van der Waals surface area contributed by atoms with Crippen LogP contribution in [0, 0.1) is 11.6 Å². The Bertz CT molecular complexity index is 1490. The van der Waals surface area contributed by atoms with E-state index in [-0.39, 0.29) is 39.9 Å². The van der Waals surface area contributed by atoms with Crippen LogP contribution in [-0.2, 0) is 10.8 Å². The SMILES string of the molecule is CC(C)(C)c1cc(C(=O)N2CCC(N3CCC(NC(=O)c4cccnc4-c4cc(F)cc(F)c4)CC3)CC2)cc(C(C)(C)C)c1. The molecule has 3 aromatic rings. The van der Waals surface area contributed by atoms with E-state index < -0.39 is 11.6 Å². The number of carbonyl (C=O) groups excluding carboxylic acids is 2. The van der Waals surface area contributed by atoms with Gasteiger partial charge in [0.15, 0.2) is 0 Å². The molecule has 0 saturated carbocycles. The predicted octanol–water partition coefficient (Wildman–Crippen LogP) is 7.12. The summed E-state index contributed by atoms with van der Waals surface area (Å²) >= 11 is 0. The molecule has 0 unspecified atom stereocenters. The summed E-state index contributed by atoms with van der Waals surface area (Å²) in [5, 5.41) is 3.12. The van der Waals surface area contributed by atoms with Gasteiger partial charge >= 0.3 is 0 Å². The molecule has 1 N–H and O–H groups in total. The Balaban J connectivity index is 1.16. The number of likely N-dealkylation sites (tertiary alicyclic amines) is 2. The van der Waals surface area contributed by atoms with Gasteiger partial charge < -0.3 is 15.1 Å². The molecule has 240 valence electrons. The molecular formula is C37H46F2N4O2. The van der Waals surface area contributed by atoms with Crippen LogP contribution >= 0.6 is 0 Å². The predicted molar refractivity (Wildman–Crippen MR) is 174 cm³/mol. The van der Waals surface area contributed by atoms with Crippen molar-refractivity contribution >= 4 is 11.8 Å². The molecule has 2 amide bonds. The molecule has 6 nitrogen and oxygen atoms in total. The number of nitrogens with zero attached hydrogens (tertiary/aromatic N) is 3. The molecule has 2 aromatic carbocycles. The van der Waals surface area contributed by atoms with Crippen molar-refractivity contribution in [3.8, 4) is 11.3 Å². The van der Waals surface area contributed by atoms with Crippen molar-refractivity contribution < 1.29 is 18.4 Å². The number of hydrogen-bond donors (Lipinski definition) is 1. The van der Waals surface area contributed by atoms with Crippen LogP contribution in [0.2, 0.25) is 0 Å². The minimum atomic E-state index is -0.714. The number of aromatic nitrogens is 1. The normalized spacial score (nSPS) is 17.4. The summed E-state index contributed by atoms with van der Waals surface area (Å²) in [4.78, 5) is 35.7. The molecule has 0 spiro atoms. The Hall–Kier alpha value is -3.65. The highest BCUT2D eigenvalue weighted by Crippen LogP contribution is 2.32. The zero-order valence-electron chi connectivity index (χ0n) is 27.4. The number of piperidine rings is 2. The van der Waals surface area contributed by atoms with Gasteiger partial charge in [-0.1, -0.05) is 47.6 Å². The summed E-state index contributed by atoms with van der Waals surface area (Å²) in [6.45, 7) is 16.3. The van der Waals surface area contributed by atoms with Crippen LogP contribution in [-0.4, -0.2) is 64.9 Å². The Morgan fingerprint density at radius 2 is 1.38 bits per heavy atom. The topological polar surface area (TPSA) is 65.5 Å². The highest BCUT2D eigenvalue weighted by atomic mass is 19.1. The van der Waals surface area contributed by atoms with E-state index in [4.69, 9.17) is 0 Å². The van der Waals surface area contributed by atoms with E-state index in [9.17, 15) is 18.4 Å². The van der Waals surface area contributed by atoms with Crippen LogP contribution in [0.3, 0.4) is 0 Å². The van der Waals surface area contributed by atoms with Gasteiger partial charge in [0.1, 0.15) is 11.6 Å². The maximum atomic E-state index is 13.9. The summed E-state index contributed by atoms with van der Waals surface area (Å²) in [5.41, 5.74) is 3.84. The maximum absolute atomic E-state index is 13.9. The average molecular weight is 617 g/mol. The van der Waals surface area contributed by atoms with E-state index in [0.717, 1.165) is 63.5 Å². The standard InChI is InChI=1S/C37H46F2N4O2/c1-36(2,3)26-18-25(19-27(22-26)37(4,5)6)35(45)43-16-11-31(12-17-43)42-14-9-30(10-15-42)41-34(44)32-8-7-13-40-33(32)24-20-28(38)23-29(39)21-24/h7-8,13,18-23,30-31H,9-12,14-17H2,1-6H3,(H,41,44). The lowest BCUT2D eigenvalue weighted by atomic mass is 9.79. The summed E-state index contributed by atoms with van der Waals surface area (Å²) in [7, 11) is 0. The second kappa shape index (κ2) is 13.0. The number of hydrogen-bond acceptors (Lipinski definition) is 4. The molecule has 2 aliphatic heterocycles. The Morgan fingerprint density at radius 3 is 1.93 bits per heavy atom. The monoisotopic (exact) mass is 616 g/mol. The van der Waals surface area contributed by atoms with E-state index in [0.29, 0.717) is 11.6 Å². The van der Waals surface area contributed by atoms with Crippen molar-refractivity contribution in [1.82, 2.24) is 20.1 Å². The molecule has 45 heavy (non-hydrogen) atoms. The zero-order chi connectivity index (χ0) is 32.5. The van der Waals surface area contributed by atoms with Crippen LogP contribution in [0.1, 0.15) is 99.1 Å². The largest absolute Gasteiger partial charge is 0.349 e. The first-order chi connectivity index (χ1) is 21.2. The smallest absolute Gasteiger partial charge is 0.253 e. The summed E-state index contributed by atoms with van der Waals surface area (Å²) in [6.07, 6.45) is 4.99. The Kier molecular flexibility index (Phi) is 9.45. The molecule has 5 rings (SSSR count). The fourth-order valence-electron chi connectivity index (χ4n) is 6.41. The van der Waals surface area contributed by atoms with E-state index in [1.807, 2.05) is 4.90 Å². The van der Waals surface area contributed by atoms with Crippen LogP contribution in [0.4, 0.5) is 8.78 Å². The number of halogens is 2. The number of nitrogens with one attached hydrogen (secondary N) is 1. The van der Waals surface area contributed by atoms with E-state index in [1.165, 1.54) is 29.5 Å². The number of benzene rings is 2. The molecule has 0 aliphatic carbocycles. The number of amides is 2. The molecule has 0 atom stereocenters. The fourth-order valence-corrected chi connectivity index (χ4v) is 6.41. The van der Waals surface area contributed by atoms with E-state index in [2.05, 4.69) is 74.9 Å². The van der Waals surface area contributed by atoms with Gasteiger partial charge in [-0.05, 0) is 84.0 Å². The molecule has 1 aromatic heterocycles. The summed E-state index contributed by atoms with van der Waals surface area (Å²) < 4.78 is 27.7. The first kappa shape index (κ1) is 32.7. The van der Waals surface area contributed by atoms with Gasteiger partial charge in [-0.15, -0.1) is 0 Å². The van der Waals surface area contributed by atoms with Crippen molar-refractivity contribution in [2.45, 2.75) is 90.1 Å². The lowest BCUT2D eigenvalue weighted by molar-refractivity contribution is 0.0566. The second-order valence-corrected chi connectivity index (χ2v) is 14.7. The van der Waals surface area contributed by atoms with Gasteiger partial charge in [0.2, 0.25) is 0 Å². The summed E-state index contributed by atoms with van der Waals surface area (Å²) in [5.74, 6) is -1.61. The quantitative estimate of drug-likeness (QED) is 0.332. The Labute approximate surface area is 266 Å². The molecule has 0 bridgehead atoms. The van der Waals surface area contributed by atoms with E-state index in [1.54, 1.807) is 12.1 Å². The number of rotatable bonds is 5. The maximum Gasteiger partial charge on any atom is 0.253 e. The molecule has 0 radical (unpaired) electrons. The zero-order valence-corrected chi connectivity index (χ0v) is 27.4. The number of pyridine rings is 1. The van der Waals surface area contributed by atoms with Crippen molar-refractivity contribution in [2.24, 2.45) is 0 Å². The third-order valence-electron chi connectivity index (χ3n) is 9.23. The van der Waals surface area contributed by atoms with Gasteiger partial charge in [0.05, 0.1) is 11.3 Å². The highest BCUT2D eigenvalue weighted by molar-refractivity contribution is 6.00. The lowest BCUT2D eigenvalue weighted by Gasteiger charge is -2.42. The minimum Gasteiger partial charge on any atom is -0.349 e. The lowest BCUT2D eigenvalue weighted by Crippen LogP contribution is -2.51. The van der Waals surface area contributed by atoms with Crippen molar-refractivity contribution in [3.05, 3.63) is 88.6 Å². The second-order valence-electron chi connectivity index (χ2n) is 14.7. The van der Waals surface area contributed by atoms with Crippen LogP contribution in [0.25, 0.3) is 11.3 Å². The van der Waals surface area contributed by atoms with Gasteiger partial charge in [-0.25, -0.2) is 8.78 Å². The molecular weight excluding hydrogens is 570 g/mol. The average Bonchev–Trinajstić information content (AvgIpc) is 2.99. The van der Waals surface area contributed by atoms with Crippen LogP contribution in [0.15, 0.2) is 54.7 Å². The van der Waals surface area contributed by atoms with Crippen molar-refractivity contribution in [1.29, 1.82) is 0 Å².